The monoisotopic (exact) mass is 553 g/mol. The van der Waals surface area contributed by atoms with Crippen LogP contribution in [0.4, 0.5) is 10.6 Å². The molecule has 9 nitrogen and oxygen atoms in total. The van der Waals surface area contributed by atoms with E-state index < -0.39 is 6.09 Å². The van der Waals surface area contributed by atoms with Crippen LogP contribution < -0.4 is 19.5 Å². The summed E-state index contributed by atoms with van der Waals surface area (Å²) in [5.74, 6) is 1.37. The second-order valence-corrected chi connectivity index (χ2v) is 9.45. The second kappa shape index (κ2) is 11.4. The van der Waals surface area contributed by atoms with Crippen molar-refractivity contribution < 1.29 is 19.0 Å². The van der Waals surface area contributed by atoms with Gasteiger partial charge >= 0.3 is 6.09 Å². The summed E-state index contributed by atoms with van der Waals surface area (Å²) < 4.78 is 16.4. The van der Waals surface area contributed by atoms with Gasteiger partial charge in [0.15, 0.2) is 5.75 Å². The third-order valence-electron chi connectivity index (χ3n) is 6.29. The highest BCUT2D eigenvalue weighted by atomic mass is 35.5. The minimum Gasteiger partial charge on any atom is -0.495 e. The number of halogens is 2. The SMILES string of the molecule is COc1cc(OC)c(Cl)c(-c2ccc(OC(=O)Nc3ccc(CN4CCCC4)cn3)c3nccnc23)c1Cl. The number of aromatic nitrogens is 3. The molecule has 0 atom stereocenters. The fourth-order valence-corrected chi connectivity index (χ4v) is 5.16. The summed E-state index contributed by atoms with van der Waals surface area (Å²) >= 11 is 13.3. The van der Waals surface area contributed by atoms with Gasteiger partial charge in [-0.05, 0) is 49.7 Å². The van der Waals surface area contributed by atoms with Crippen molar-refractivity contribution in [3.8, 4) is 28.4 Å². The van der Waals surface area contributed by atoms with E-state index in [0.717, 1.165) is 25.2 Å². The van der Waals surface area contributed by atoms with E-state index in [0.29, 0.717) is 39.5 Å². The number of hydrogen-bond donors (Lipinski definition) is 1. The molecule has 11 heteroatoms. The van der Waals surface area contributed by atoms with Crippen LogP contribution in [0.25, 0.3) is 22.2 Å². The number of anilines is 1. The van der Waals surface area contributed by atoms with Crippen LogP contribution in [0.1, 0.15) is 18.4 Å². The predicted octanol–water partition coefficient (Wildman–Crippen LogP) is 6.22. The lowest BCUT2D eigenvalue weighted by molar-refractivity contribution is 0.215. The average molecular weight is 554 g/mol. The Morgan fingerprint density at radius 3 is 2.24 bits per heavy atom. The van der Waals surface area contributed by atoms with Crippen molar-refractivity contribution in [3.63, 3.8) is 0 Å². The summed E-state index contributed by atoms with van der Waals surface area (Å²) in [4.78, 5) is 28.3. The number of likely N-dealkylation sites (tertiary alicyclic amines) is 1. The number of fused-ring (bicyclic) bond motifs is 1. The van der Waals surface area contributed by atoms with E-state index in [1.54, 1.807) is 30.5 Å². The molecule has 0 radical (unpaired) electrons. The first kappa shape index (κ1) is 26.0. The maximum atomic E-state index is 12.7. The zero-order valence-electron chi connectivity index (χ0n) is 20.8. The molecule has 5 rings (SSSR count). The lowest BCUT2D eigenvalue weighted by Crippen LogP contribution is -2.19. The van der Waals surface area contributed by atoms with Gasteiger partial charge in [0.1, 0.15) is 28.4 Å². The number of ether oxygens (including phenoxy) is 3. The quantitative estimate of drug-likeness (QED) is 0.288. The number of nitrogens with one attached hydrogen (secondary N) is 1. The fourth-order valence-electron chi connectivity index (χ4n) is 4.46. The number of methoxy groups -OCH3 is 2. The first-order chi connectivity index (χ1) is 18.5. The van der Waals surface area contributed by atoms with Gasteiger partial charge in [-0.25, -0.2) is 14.8 Å². The van der Waals surface area contributed by atoms with Crippen molar-refractivity contribution in [3.05, 3.63) is 64.5 Å². The molecule has 2 aromatic heterocycles. The summed E-state index contributed by atoms with van der Waals surface area (Å²) in [6, 6.07) is 8.63. The standard InChI is InChI=1S/C27H25Cl2N5O4/c1-36-19-13-20(37-2)24(29)22(23(19)28)17-6-7-18(26-25(17)30-9-10-31-26)38-27(35)33-21-8-5-16(14-32-21)15-34-11-3-4-12-34/h5-10,13-14H,3-4,11-12,15H2,1-2H3,(H,32,33,35). The Labute approximate surface area is 229 Å². The van der Waals surface area contributed by atoms with Crippen molar-refractivity contribution in [1.82, 2.24) is 19.9 Å². The van der Waals surface area contributed by atoms with Crippen LogP contribution in [0.2, 0.25) is 10.0 Å². The Bertz CT molecular complexity index is 1450. The molecular weight excluding hydrogens is 529 g/mol. The molecule has 0 unspecified atom stereocenters. The van der Waals surface area contributed by atoms with Gasteiger partial charge in [-0.3, -0.25) is 15.2 Å². The molecule has 1 saturated heterocycles. The van der Waals surface area contributed by atoms with Crippen LogP contribution in [0.5, 0.6) is 17.2 Å². The Balaban J connectivity index is 1.40. The predicted molar refractivity (Wildman–Crippen MR) is 146 cm³/mol. The van der Waals surface area contributed by atoms with E-state index in [-0.39, 0.29) is 15.8 Å². The van der Waals surface area contributed by atoms with Gasteiger partial charge in [0.2, 0.25) is 0 Å². The van der Waals surface area contributed by atoms with Gasteiger partial charge in [-0.2, -0.15) is 0 Å². The van der Waals surface area contributed by atoms with Crippen LogP contribution >= 0.6 is 23.2 Å². The van der Waals surface area contributed by atoms with Gasteiger partial charge in [-0.15, -0.1) is 0 Å². The van der Waals surface area contributed by atoms with Crippen molar-refractivity contribution in [2.45, 2.75) is 19.4 Å². The van der Waals surface area contributed by atoms with E-state index >= 15 is 0 Å². The summed E-state index contributed by atoms with van der Waals surface area (Å²) in [5, 5.41) is 3.24. The normalized spacial score (nSPS) is 13.5. The summed E-state index contributed by atoms with van der Waals surface area (Å²) in [6.07, 6.45) is 6.55. The number of rotatable bonds is 7. The van der Waals surface area contributed by atoms with E-state index in [2.05, 4.69) is 25.2 Å². The number of nitrogens with zero attached hydrogens (tertiary/aromatic N) is 4. The molecule has 1 fully saturated rings. The van der Waals surface area contributed by atoms with Gasteiger partial charge in [0, 0.05) is 42.3 Å². The molecule has 196 valence electrons. The molecular formula is C27H25Cl2N5O4. The summed E-state index contributed by atoms with van der Waals surface area (Å²) in [6.45, 7) is 3.05. The molecule has 0 bridgehead atoms. The topological polar surface area (TPSA) is 98.7 Å². The number of amides is 1. The Hall–Kier alpha value is -3.66. The van der Waals surface area contributed by atoms with Gasteiger partial charge < -0.3 is 14.2 Å². The molecule has 0 saturated carbocycles. The molecule has 0 spiro atoms. The van der Waals surface area contributed by atoms with E-state index in [9.17, 15) is 4.79 Å². The maximum absolute atomic E-state index is 12.7. The zero-order valence-corrected chi connectivity index (χ0v) is 22.3. The maximum Gasteiger partial charge on any atom is 0.418 e. The molecule has 1 N–H and O–H groups in total. The molecule has 2 aromatic carbocycles. The highest BCUT2D eigenvalue weighted by Crippen LogP contribution is 2.47. The first-order valence-electron chi connectivity index (χ1n) is 12.0. The van der Waals surface area contributed by atoms with Gasteiger partial charge in [-0.1, -0.05) is 29.3 Å². The average Bonchev–Trinajstić information content (AvgIpc) is 3.44. The lowest BCUT2D eigenvalue weighted by Gasteiger charge is -2.16. The third kappa shape index (κ3) is 5.31. The van der Waals surface area contributed by atoms with Crippen molar-refractivity contribution in [1.29, 1.82) is 0 Å². The molecule has 1 aliphatic heterocycles. The number of pyridine rings is 1. The number of carbonyl (C=O) groups excluding carboxylic acids is 1. The summed E-state index contributed by atoms with van der Waals surface area (Å²) in [7, 11) is 3.00. The van der Waals surface area contributed by atoms with Crippen LogP contribution in [-0.2, 0) is 6.54 Å². The van der Waals surface area contributed by atoms with E-state index in [1.807, 2.05) is 6.07 Å². The summed E-state index contributed by atoms with van der Waals surface area (Å²) in [5.41, 5.74) is 2.91. The zero-order chi connectivity index (χ0) is 26.6. The Kier molecular flexibility index (Phi) is 7.78. The van der Waals surface area contributed by atoms with E-state index in [1.165, 1.54) is 39.5 Å². The number of carbonyl (C=O) groups is 1. The molecule has 1 amide bonds. The smallest absolute Gasteiger partial charge is 0.418 e. The number of hydrogen-bond acceptors (Lipinski definition) is 8. The minimum atomic E-state index is -0.705. The van der Waals surface area contributed by atoms with Crippen LogP contribution in [-0.4, -0.2) is 53.3 Å². The fraction of sp³-hybridized carbons (Fsp3) is 0.259. The molecule has 4 aromatic rings. The van der Waals surface area contributed by atoms with Crippen molar-refractivity contribution >= 4 is 46.1 Å². The first-order valence-corrected chi connectivity index (χ1v) is 12.7. The van der Waals surface area contributed by atoms with E-state index in [4.69, 9.17) is 37.4 Å². The highest BCUT2D eigenvalue weighted by molar-refractivity contribution is 6.41. The highest BCUT2D eigenvalue weighted by Gasteiger charge is 2.23. The Morgan fingerprint density at radius 1 is 0.921 bits per heavy atom. The van der Waals surface area contributed by atoms with Gasteiger partial charge in [0.25, 0.3) is 0 Å². The number of benzene rings is 2. The van der Waals surface area contributed by atoms with Crippen LogP contribution in [0.15, 0.2) is 48.9 Å². The van der Waals surface area contributed by atoms with Gasteiger partial charge in [0.05, 0.1) is 24.3 Å². The largest absolute Gasteiger partial charge is 0.495 e. The minimum absolute atomic E-state index is 0.210. The second-order valence-electron chi connectivity index (χ2n) is 8.70. The molecule has 3 heterocycles. The molecule has 1 aliphatic rings. The van der Waals surface area contributed by atoms with Crippen LogP contribution in [0.3, 0.4) is 0 Å². The van der Waals surface area contributed by atoms with Crippen LogP contribution in [0, 0.1) is 0 Å². The molecule has 38 heavy (non-hydrogen) atoms. The third-order valence-corrected chi connectivity index (χ3v) is 7.04. The van der Waals surface area contributed by atoms with Crippen molar-refractivity contribution in [2.24, 2.45) is 0 Å². The lowest BCUT2D eigenvalue weighted by atomic mass is 10.0. The Morgan fingerprint density at radius 2 is 1.61 bits per heavy atom. The molecule has 0 aliphatic carbocycles. The van der Waals surface area contributed by atoms with Crippen molar-refractivity contribution in [2.75, 3.05) is 32.6 Å².